The molecule has 0 N–H and O–H groups in total. The molecule has 0 bridgehead atoms. The van der Waals surface area contributed by atoms with E-state index in [1.807, 2.05) is 0 Å². The van der Waals surface area contributed by atoms with Crippen molar-refractivity contribution in [3.05, 3.63) is 40.8 Å². The fraction of sp³-hybridized carbons (Fsp3) is 0.520. The average Bonchev–Trinajstić information content (AvgIpc) is 2.75. The summed E-state index contributed by atoms with van der Waals surface area (Å²) < 4.78 is 15.5. The van der Waals surface area contributed by atoms with Gasteiger partial charge in [0, 0.05) is 25.0 Å². The monoisotopic (exact) mass is 444 g/mol. The minimum atomic E-state index is -0.799. The molecule has 0 heterocycles. The van der Waals surface area contributed by atoms with Gasteiger partial charge in [-0.3, -0.25) is 19.2 Å². The lowest BCUT2D eigenvalue weighted by atomic mass is 9.92. The summed E-state index contributed by atoms with van der Waals surface area (Å²) in [6.07, 6.45) is 10.8. The molecule has 0 fully saturated rings. The van der Waals surface area contributed by atoms with E-state index in [0.29, 0.717) is 12.4 Å². The summed E-state index contributed by atoms with van der Waals surface area (Å²) in [6, 6.07) is 4.51. The summed E-state index contributed by atoms with van der Waals surface area (Å²) in [7, 11) is 0. The second-order valence-corrected chi connectivity index (χ2v) is 7.89. The molecule has 1 aromatic carbocycles. The molecule has 1 aromatic rings. The van der Waals surface area contributed by atoms with Crippen molar-refractivity contribution in [3.8, 4) is 5.75 Å². The van der Waals surface area contributed by atoms with Crippen LogP contribution in [0.15, 0.2) is 29.7 Å². The molecule has 0 saturated carbocycles. The van der Waals surface area contributed by atoms with E-state index in [4.69, 9.17) is 14.2 Å². The summed E-state index contributed by atoms with van der Waals surface area (Å²) in [6.45, 7) is 4.90. The fourth-order valence-corrected chi connectivity index (χ4v) is 3.53. The maximum Gasteiger partial charge on any atom is 0.308 e. The lowest BCUT2D eigenvalue weighted by Crippen LogP contribution is -2.27. The maximum atomic E-state index is 12.9. The summed E-state index contributed by atoms with van der Waals surface area (Å²) in [5.41, 5.74) is 0.115. The molecule has 0 radical (unpaired) electrons. The van der Waals surface area contributed by atoms with Crippen molar-refractivity contribution in [2.75, 3.05) is 6.61 Å². The third-order valence-corrected chi connectivity index (χ3v) is 5.11. The Morgan fingerprint density at radius 1 is 0.719 bits per heavy atom. The van der Waals surface area contributed by atoms with Crippen LogP contribution in [0.3, 0.4) is 0 Å². The lowest BCUT2D eigenvalue weighted by Gasteiger charge is -2.19. The van der Waals surface area contributed by atoms with E-state index in [1.54, 1.807) is 6.07 Å². The SMILES string of the molecule is CCCCCCCCCCCOc1ccc2c(c1)C(=O)C(OC(C)=O)=C(OC(C)=O)C2=O. The molecule has 0 amide bonds. The maximum absolute atomic E-state index is 12.9. The normalized spacial score (nSPS) is 13.1. The van der Waals surface area contributed by atoms with Crippen LogP contribution in [0.1, 0.15) is 99.3 Å². The van der Waals surface area contributed by atoms with Gasteiger partial charge in [0.05, 0.1) is 6.61 Å². The van der Waals surface area contributed by atoms with Crippen LogP contribution >= 0.6 is 0 Å². The quantitative estimate of drug-likeness (QED) is 0.300. The molecule has 7 nitrogen and oxygen atoms in total. The van der Waals surface area contributed by atoms with Gasteiger partial charge in [0.2, 0.25) is 23.1 Å². The Bertz CT molecular complexity index is 882. The molecule has 0 atom stereocenters. The van der Waals surface area contributed by atoms with Crippen LogP contribution in [0.2, 0.25) is 0 Å². The zero-order valence-corrected chi connectivity index (χ0v) is 19.2. The van der Waals surface area contributed by atoms with E-state index in [0.717, 1.165) is 26.7 Å². The number of carbonyl (C=O) groups is 4. The van der Waals surface area contributed by atoms with Gasteiger partial charge in [-0.1, -0.05) is 58.3 Å². The number of ketones is 2. The average molecular weight is 445 g/mol. The Morgan fingerprint density at radius 3 is 1.75 bits per heavy atom. The Kier molecular flexibility index (Phi) is 10.1. The smallest absolute Gasteiger partial charge is 0.308 e. The first-order chi connectivity index (χ1) is 15.3. The zero-order valence-electron chi connectivity index (χ0n) is 19.2. The summed E-state index contributed by atoms with van der Waals surface area (Å²) in [4.78, 5) is 48.3. The van der Waals surface area contributed by atoms with Gasteiger partial charge in [-0.05, 0) is 24.6 Å². The Morgan fingerprint density at radius 2 is 1.22 bits per heavy atom. The van der Waals surface area contributed by atoms with Gasteiger partial charge >= 0.3 is 11.9 Å². The van der Waals surface area contributed by atoms with Crippen LogP contribution in [0.25, 0.3) is 0 Å². The Balaban J connectivity index is 1.95. The van der Waals surface area contributed by atoms with Gasteiger partial charge in [0.15, 0.2) is 0 Å². The van der Waals surface area contributed by atoms with Crippen molar-refractivity contribution in [1.29, 1.82) is 0 Å². The van der Waals surface area contributed by atoms with Crippen molar-refractivity contribution in [2.24, 2.45) is 0 Å². The second kappa shape index (κ2) is 12.8. The zero-order chi connectivity index (χ0) is 23.5. The van der Waals surface area contributed by atoms with Crippen LogP contribution < -0.4 is 4.74 Å². The van der Waals surface area contributed by atoms with Crippen molar-refractivity contribution in [1.82, 2.24) is 0 Å². The molecule has 32 heavy (non-hydrogen) atoms. The van der Waals surface area contributed by atoms with Crippen LogP contribution in [-0.2, 0) is 19.1 Å². The fourth-order valence-electron chi connectivity index (χ4n) is 3.53. The number of Topliss-reactive ketones (excluding diaryl/α,β-unsaturated/α-hetero) is 2. The number of hydrogen-bond donors (Lipinski definition) is 0. The van der Waals surface area contributed by atoms with Gasteiger partial charge in [-0.15, -0.1) is 0 Å². The molecule has 0 aromatic heterocycles. The first-order valence-electron chi connectivity index (χ1n) is 11.3. The van der Waals surface area contributed by atoms with E-state index in [-0.39, 0.29) is 11.1 Å². The molecule has 0 aliphatic heterocycles. The lowest BCUT2D eigenvalue weighted by molar-refractivity contribution is -0.140. The highest BCUT2D eigenvalue weighted by Crippen LogP contribution is 2.31. The number of fused-ring (bicyclic) bond motifs is 1. The Labute approximate surface area is 189 Å². The first-order valence-corrected chi connectivity index (χ1v) is 11.3. The number of hydrogen-bond acceptors (Lipinski definition) is 7. The minimum Gasteiger partial charge on any atom is -0.494 e. The van der Waals surface area contributed by atoms with Gasteiger partial charge in [0.1, 0.15) is 5.75 Å². The number of allylic oxidation sites excluding steroid dienone is 2. The molecule has 0 spiro atoms. The van der Waals surface area contributed by atoms with Gasteiger partial charge in [0.25, 0.3) is 0 Å². The highest BCUT2D eigenvalue weighted by molar-refractivity contribution is 6.26. The van der Waals surface area contributed by atoms with E-state index in [9.17, 15) is 19.2 Å². The predicted octanol–water partition coefficient (Wildman–Crippen LogP) is 5.31. The standard InChI is InChI=1S/C25H32O7/c1-4-5-6-7-8-9-10-11-12-15-30-19-13-14-20-21(16-19)23(29)25(32-18(3)27)24(22(20)28)31-17(2)26/h13-14,16H,4-12,15H2,1-3H3. The van der Waals surface area contributed by atoms with E-state index < -0.39 is 35.0 Å². The number of benzene rings is 1. The largest absolute Gasteiger partial charge is 0.494 e. The second-order valence-electron chi connectivity index (χ2n) is 7.89. The molecule has 174 valence electrons. The molecule has 7 heteroatoms. The summed E-state index contributed by atoms with van der Waals surface area (Å²) in [5.74, 6) is -3.71. The van der Waals surface area contributed by atoms with Crippen molar-refractivity contribution < 1.29 is 33.4 Å². The number of ether oxygens (including phenoxy) is 3. The summed E-state index contributed by atoms with van der Waals surface area (Å²) in [5, 5.41) is 0. The highest BCUT2D eigenvalue weighted by atomic mass is 16.6. The molecule has 1 aliphatic rings. The Hall–Kier alpha value is -2.96. The molecule has 2 rings (SSSR count). The van der Waals surface area contributed by atoms with Crippen molar-refractivity contribution >= 4 is 23.5 Å². The molecular weight excluding hydrogens is 412 g/mol. The van der Waals surface area contributed by atoms with Gasteiger partial charge in [-0.25, -0.2) is 0 Å². The molecule has 1 aliphatic carbocycles. The minimum absolute atomic E-state index is 0.0479. The van der Waals surface area contributed by atoms with Gasteiger partial charge in [-0.2, -0.15) is 0 Å². The number of rotatable bonds is 13. The van der Waals surface area contributed by atoms with Gasteiger partial charge < -0.3 is 14.2 Å². The van der Waals surface area contributed by atoms with Crippen LogP contribution in [0, 0.1) is 0 Å². The molecule has 0 saturated heterocycles. The number of esters is 2. The molecule has 0 unspecified atom stereocenters. The van der Waals surface area contributed by atoms with E-state index in [2.05, 4.69) is 6.92 Å². The van der Waals surface area contributed by atoms with Crippen molar-refractivity contribution in [3.63, 3.8) is 0 Å². The highest BCUT2D eigenvalue weighted by Gasteiger charge is 2.37. The van der Waals surface area contributed by atoms with E-state index >= 15 is 0 Å². The number of carbonyl (C=O) groups excluding carboxylic acids is 4. The van der Waals surface area contributed by atoms with Crippen LogP contribution in [-0.4, -0.2) is 30.1 Å². The first kappa shape index (κ1) is 25.3. The van der Waals surface area contributed by atoms with E-state index in [1.165, 1.54) is 57.1 Å². The van der Waals surface area contributed by atoms with Crippen LogP contribution in [0.4, 0.5) is 0 Å². The topological polar surface area (TPSA) is 96.0 Å². The third kappa shape index (κ3) is 7.32. The third-order valence-electron chi connectivity index (χ3n) is 5.11. The van der Waals surface area contributed by atoms with Crippen molar-refractivity contribution in [2.45, 2.75) is 78.6 Å². The number of unbranched alkanes of at least 4 members (excludes halogenated alkanes) is 8. The predicted molar refractivity (Wildman–Crippen MR) is 118 cm³/mol. The van der Waals surface area contributed by atoms with Crippen LogP contribution in [0.5, 0.6) is 5.75 Å². The summed E-state index contributed by atoms with van der Waals surface area (Å²) >= 11 is 0. The molecular formula is C25H32O7.